The van der Waals surface area contributed by atoms with Gasteiger partial charge in [0.25, 0.3) is 0 Å². The second kappa shape index (κ2) is 4.54. The summed E-state index contributed by atoms with van der Waals surface area (Å²) < 4.78 is 6.00. The number of allylic oxidation sites excluding steroid dienone is 1. The van der Waals surface area contributed by atoms with Crippen LogP contribution in [-0.4, -0.2) is 28.7 Å². The smallest absolute Gasteiger partial charge is 0.164 e. The number of ketones is 1. The summed E-state index contributed by atoms with van der Waals surface area (Å²) in [6, 6.07) is 0. The quantitative estimate of drug-likeness (QED) is 0.590. The predicted molar refractivity (Wildman–Crippen MR) is 91.4 cm³/mol. The van der Waals surface area contributed by atoms with E-state index >= 15 is 0 Å². The fourth-order valence-electron chi connectivity index (χ4n) is 7.71. The summed E-state index contributed by atoms with van der Waals surface area (Å²) in [4.78, 5) is 12.4. The van der Waals surface area contributed by atoms with Crippen LogP contribution in [0.5, 0.6) is 0 Å². The molecule has 0 spiro atoms. The van der Waals surface area contributed by atoms with Crippen molar-refractivity contribution < 1.29 is 14.6 Å². The molecule has 0 aromatic heterocycles. The SMILES string of the molecule is CC(=O)[C@]12O[C@H]1C[C@@H]1[C@@H]3CC=C4C[C@@H](O)CC[C@]4(C)[C@H]3CC[C@]12C. The summed E-state index contributed by atoms with van der Waals surface area (Å²) in [6.07, 6.45) is 10.0. The standard InChI is InChI=1S/C21H30O3/c1-12(22)21-18(24-21)11-17-15-5-4-13-10-14(23)6-8-19(13,2)16(15)7-9-20(17,21)3/h4,14-18,23H,5-11H2,1-3H3/t14-,15+,16-,17+,18-,19-,20+,21-/m0/s1. The van der Waals surface area contributed by atoms with Crippen LogP contribution in [0.2, 0.25) is 0 Å². The van der Waals surface area contributed by atoms with Crippen molar-refractivity contribution in [3.63, 3.8) is 0 Å². The van der Waals surface area contributed by atoms with E-state index in [1.165, 1.54) is 12.0 Å². The Morgan fingerprint density at radius 3 is 2.79 bits per heavy atom. The molecule has 0 amide bonds. The van der Waals surface area contributed by atoms with E-state index < -0.39 is 5.60 Å². The predicted octanol–water partition coefficient (Wildman–Crippen LogP) is 3.65. The van der Waals surface area contributed by atoms with Crippen LogP contribution in [0.1, 0.15) is 65.7 Å². The topological polar surface area (TPSA) is 49.8 Å². The van der Waals surface area contributed by atoms with Crippen molar-refractivity contribution in [3.05, 3.63) is 11.6 Å². The van der Waals surface area contributed by atoms with Gasteiger partial charge in [0.1, 0.15) is 0 Å². The summed E-state index contributed by atoms with van der Waals surface area (Å²) in [5.74, 6) is 2.31. The molecule has 0 aromatic rings. The second-order valence-electron chi connectivity index (χ2n) is 9.75. The maximum Gasteiger partial charge on any atom is 0.164 e. The van der Waals surface area contributed by atoms with Gasteiger partial charge in [-0.05, 0) is 75.0 Å². The molecule has 5 rings (SSSR count). The number of hydrogen-bond acceptors (Lipinski definition) is 3. The summed E-state index contributed by atoms with van der Waals surface area (Å²) in [5.41, 5.74) is 1.39. The third-order valence-electron chi connectivity index (χ3n) is 9.03. The van der Waals surface area contributed by atoms with Crippen molar-refractivity contribution in [2.75, 3.05) is 0 Å². The number of rotatable bonds is 1. The fraction of sp³-hybridized carbons (Fsp3) is 0.857. The van der Waals surface area contributed by atoms with Gasteiger partial charge in [-0.25, -0.2) is 0 Å². The number of hydrogen-bond donors (Lipinski definition) is 1. The minimum atomic E-state index is -0.448. The Labute approximate surface area is 144 Å². The lowest BCUT2D eigenvalue weighted by Crippen LogP contribution is -2.54. The van der Waals surface area contributed by atoms with Crippen LogP contribution in [0.25, 0.3) is 0 Å². The Hall–Kier alpha value is -0.670. The van der Waals surface area contributed by atoms with Gasteiger partial charge >= 0.3 is 0 Å². The molecule has 1 heterocycles. The van der Waals surface area contributed by atoms with Gasteiger partial charge in [-0.15, -0.1) is 0 Å². The molecule has 24 heavy (non-hydrogen) atoms. The highest BCUT2D eigenvalue weighted by molar-refractivity contribution is 5.90. The molecule has 132 valence electrons. The van der Waals surface area contributed by atoms with Gasteiger partial charge in [-0.2, -0.15) is 0 Å². The average molecular weight is 330 g/mol. The number of epoxide rings is 1. The number of aliphatic hydroxyl groups is 1. The molecule has 3 nitrogen and oxygen atoms in total. The first-order valence-corrected chi connectivity index (χ1v) is 9.89. The zero-order valence-corrected chi connectivity index (χ0v) is 15.2. The summed E-state index contributed by atoms with van der Waals surface area (Å²) in [6.45, 7) is 6.54. The number of Topliss-reactive ketones (excluding diaryl/α,β-unsaturated/α-hetero) is 1. The number of carbonyl (C=O) groups is 1. The van der Waals surface area contributed by atoms with Crippen molar-refractivity contribution in [3.8, 4) is 0 Å². The molecular weight excluding hydrogens is 300 g/mol. The lowest BCUT2D eigenvalue weighted by molar-refractivity contribution is -0.135. The first-order valence-electron chi connectivity index (χ1n) is 9.89. The lowest BCUT2D eigenvalue weighted by atomic mass is 9.47. The van der Waals surface area contributed by atoms with Crippen LogP contribution >= 0.6 is 0 Å². The first-order chi connectivity index (χ1) is 11.3. The van der Waals surface area contributed by atoms with Crippen molar-refractivity contribution in [2.45, 2.75) is 83.5 Å². The molecule has 1 saturated heterocycles. The summed E-state index contributed by atoms with van der Waals surface area (Å²) >= 11 is 0. The van der Waals surface area contributed by atoms with E-state index in [1.54, 1.807) is 6.92 Å². The molecule has 4 aliphatic carbocycles. The Balaban J connectivity index is 1.51. The summed E-state index contributed by atoms with van der Waals surface area (Å²) in [7, 11) is 0. The monoisotopic (exact) mass is 330 g/mol. The highest BCUT2D eigenvalue weighted by Crippen LogP contribution is 2.73. The van der Waals surface area contributed by atoms with Crippen molar-refractivity contribution in [2.24, 2.45) is 28.6 Å². The van der Waals surface area contributed by atoms with Crippen LogP contribution in [0.15, 0.2) is 11.6 Å². The van der Waals surface area contributed by atoms with Crippen LogP contribution in [0.3, 0.4) is 0 Å². The molecule has 4 fully saturated rings. The van der Waals surface area contributed by atoms with Gasteiger partial charge in [0, 0.05) is 5.41 Å². The van der Waals surface area contributed by atoms with E-state index in [9.17, 15) is 9.90 Å². The number of carbonyl (C=O) groups excluding carboxylic acids is 1. The van der Waals surface area contributed by atoms with Gasteiger partial charge in [0.05, 0.1) is 12.2 Å². The second-order valence-corrected chi connectivity index (χ2v) is 9.75. The average Bonchev–Trinajstić information content (AvgIpc) is 3.21. The molecule has 0 aromatic carbocycles. The molecule has 1 aliphatic heterocycles. The minimum absolute atomic E-state index is 0.0422. The molecule has 3 saturated carbocycles. The number of ether oxygens (including phenoxy) is 1. The fourth-order valence-corrected chi connectivity index (χ4v) is 7.71. The van der Waals surface area contributed by atoms with E-state index in [0.717, 1.165) is 44.4 Å². The highest BCUT2D eigenvalue weighted by atomic mass is 16.6. The lowest BCUT2D eigenvalue weighted by Gasteiger charge is -2.58. The molecule has 5 aliphatic rings. The maximum absolute atomic E-state index is 12.4. The van der Waals surface area contributed by atoms with Crippen LogP contribution in [0.4, 0.5) is 0 Å². The largest absolute Gasteiger partial charge is 0.393 e. The van der Waals surface area contributed by atoms with Gasteiger partial charge in [-0.1, -0.05) is 25.5 Å². The molecule has 0 radical (unpaired) electrons. The van der Waals surface area contributed by atoms with Gasteiger partial charge in [0.2, 0.25) is 0 Å². The normalized spacial score (nSPS) is 58.0. The summed E-state index contributed by atoms with van der Waals surface area (Å²) in [5, 5.41) is 10.1. The van der Waals surface area contributed by atoms with E-state index in [2.05, 4.69) is 19.9 Å². The van der Waals surface area contributed by atoms with E-state index in [4.69, 9.17) is 4.74 Å². The van der Waals surface area contributed by atoms with E-state index in [0.29, 0.717) is 11.8 Å². The zero-order valence-electron chi connectivity index (χ0n) is 15.2. The Bertz CT molecular complexity index is 639. The molecular formula is C21H30O3. The molecule has 3 heteroatoms. The van der Waals surface area contributed by atoms with Crippen LogP contribution in [-0.2, 0) is 9.53 Å². The third-order valence-corrected chi connectivity index (χ3v) is 9.03. The highest BCUT2D eigenvalue weighted by Gasteiger charge is 2.79. The Morgan fingerprint density at radius 2 is 2.04 bits per heavy atom. The van der Waals surface area contributed by atoms with E-state index in [-0.39, 0.29) is 28.8 Å². The third kappa shape index (κ3) is 1.60. The van der Waals surface area contributed by atoms with Gasteiger partial charge in [0.15, 0.2) is 11.4 Å². The van der Waals surface area contributed by atoms with Crippen molar-refractivity contribution >= 4 is 5.78 Å². The molecule has 0 unspecified atom stereocenters. The first kappa shape index (κ1) is 15.6. The van der Waals surface area contributed by atoms with Crippen molar-refractivity contribution in [1.82, 2.24) is 0 Å². The minimum Gasteiger partial charge on any atom is -0.393 e. The van der Waals surface area contributed by atoms with Gasteiger partial charge in [-0.3, -0.25) is 4.79 Å². The van der Waals surface area contributed by atoms with E-state index in [1.807, 2.05) is 0 Å². The number of aliphatic hydroxyl groups excluding tert-OH is 1. The molecule has 8 atom stereocenters. The van der Waals surface area contributed by atoms with Crippen LogP contribution in [0, 0.1) is 28.6 Å². The van der Waals surface area contributed by atoms with Crippen LogP contribution < -0.4 is 0 Å². The van der Waals surface area contributed by atoms with Gasteiger partial charge < -0.3 is 9.84 Å². The molecule has 0 bridgehead atoms. The Morgan fingerprint density at radius 1 is 1.25 bits per heavy atom. The molecule has 1 N–H and O–H groups in total. The number of fused-ring (bicyclic) bond motifs is 7. The Kier molecular flexibility index (Phi) is 2.94. The van der Waals surface area contributed by atoms with Crippen molar-refractivity contribution in [1.29, 1.82) is 0 Å². The maximum atomic E-state index is 12.4. The zero-order chi connectivity index (χ0) is 16.9.